The quantitative estimate of drug-likeness (QED) is 0.363. The van der Waals surface area contributed by atoms with Crippen LogP contribution < -0.4 is 0 Å². The van der Waals surface area contributed by atoms with Gasteiger partial charge in [-0.25, -0.2) is 0 Å². The maximum absolute atomic E-state index is 11.9. The fraction of sp³-hybridized carbons (Fsp3) is 0.900. The van der Waals surface area contributed by atoms with Gasteiger partial charge in [-0.3, -0.25) is 9.59 Å². The molecule has 4 nitrogen and oxygen atoms in total. The van der Waals surface area contributed by atoms with E-state index in [1.165, 1.54) is 25.7 Å². The molecule has 0 N–H and O–H groups in total. The van der Waals surface area contributed by atoms with Crippen molar-refractivity contribution in [3.63, 3.8) is 0 Å². The average Bonchev–Trinajstić information content (AvgIpc) is 2.57. The molecule has 1 saturated carbocycles. The number of carbonyl (C=O) groups is 2. The molecule has 0 amide bonds. The molecule has 0 spiro atoms. The first-order chi connectivity index (χ1) is 11.6. The average molecular weight is 341 g/mol. The zero-order valence-electron chi connectivity index (χ0n) is 15.7. The smallest absolute Gasteiger partial charge is 0.306 e. The molecule has 1 aliphatic rings. The summed E-state index contributed by atoms with van der Waals surface area (Å²) in [5.41, 5.74) is 0. The normalized spacial score (nSPS) is 20.6. The molecule has 0 aromatic heterocycles. The van der Waals surface area contributed by atoms with Crippen LogP contribution in [0.5, 0.6) is 0 Å². The van der Waals surface area contributed by atoms with Gasteiger partial charge in [0.05, 0.1) is 6.61 Å². The molecule has 0 aliphatic heterocycles. The van der Waals surface area contributed by atoms with E-state index in [0.717, 1.165) is 32.1 Å². The van der Waals surface area contributed by atoms with Gasteiger partial charge in [0.1, 0.15) is 6.10 Å². The molecule has 0 saturated heterocycles. The van der Waals surface area contributed by atoms with Crippen LogP contribution in [0.15, 0.2) is 0 Å². The first kappa shape index (κ1) is 21.0. The zero-order valence-corrected chi connectivity index (χ0v) is 15.7. The van der Waals surface area contributed by atoms with Crippen molar-refractivity contribution in [1.82, 2.24) is 0 Å². The van der Waals surface area contributed by atoms with E-state index < -0.39 is 0 Å². The maximum atomic E-state index is 11.9. The van der Waals surface area contributed by atoms with E-state index in [2.05, 4.69) is 13.8 Å². The highest BCUT2D eigenvalue weighted by atomic mass is 16.5. The minimum atomic E-state index is -0.139. The molecule has 2 unspecified atom stereocenters. The van der Waals surface area contributed by atoms with Crippen molar-refractivity contribution >= 4 is 11.9 Å². The number of unbranched alkanes of at least 4 members (excludes halogenated alkanes) is 5. The summed E-state index contributed by atoms with van der Waals surface area (Å²) < 4.78 is 10.8. The lowest BCUT2D eigenvalue weighted by atomic mass is 9.88. The molecule has 0 bridgehead atoms. The predicted molar refractivity (Wildman–Crippen MR) is 95.7 cm³/mol. The minimum absolute atomic E-state index is 0.101. The van der Waals surface area contributed by atoms with E-state index in [4.69, 9.17) is 9.47 Å². The van der Waals surface area contributed by atoms with Gasteiger partial charge in [0.25, 0.3) is 0 Å². The number of hydrogen-bond donors (Lipinski definition) is 0. The second kappa shape index (κ2) is 13.3. The Labute approximate surface area is 147 Å². The van der Waals surface area contributed by atoms with Crippen molar-refractivity contribution in [2.45, 2.75) is 103 Å². The summed E-state index contributed by atoms with van der Waals surface area (Å²) >= 11 is 0. The van der Waals surface area contributed by atoms with Crippen LogP contribution in [-0.4, -0.2) is 24.6 Å². The number of rotatable bonds is 12. The fourth-order valence-electron chi connectivity index (χ4n) is 3.19. The van der Waals surface area contributed by atoms with Crippen LogP contribution in [0.25, 0.3) is 0 Å². The van der Waals surface area contributed by atoms with Gasteiger partial charge in [-0.1, -0.05) is 46.0 Å². The molecule has 0 aromatic carbocycles. The SMILES string of the molecule is CCCCCCCOC(=O)CCCCC(=O)OC1CCCCC1C. The van der Waals surface area contributed by atoms with E-state index in [1.807, 2.05) is 0 Å². The van der Waals surface area contributed by atoms with Crippen LogP contribution in [0.2, 0.25) is 0 Å². The van der Waals surface area contributed by atoms with Crippen molar-refractivity contribution in [3.8, 4) is 0 Å². The molecule has 0 aromatic rings. The molecular formula is C20H36O4. The molecule has 0 heterocycles. The zero-order chi connectivity index (χ0) is 17.6. The Hall–Kier alpha value is -1.06. The molecule has 1 aliphatic carbocycles. The second-order valence-electron chi connectivity index (χ2n) is 7.13. The van der Waals surface area contributed by atoms with Crippen LogP contribution in [-0.2, 0) is 19.1 Å². The third-order valence-corrected chi connectivity index (χ3v) is 4.84. The van der Waals surface area contributed by atoms with Gasteiger partial charge < -0.3 is 9.47 Å². The molecule has 0 radical (unpaired) electrons. The highest BCUT2D eigenvalue weighted by Crippen LogP contribution is 2.26. The summed E-state index contributed by atoms with van der Waals surface area (Å²) in [6, 6.07) is 0. The van der Waals surface area contributed by atoms with Crippen LogP contribution >= 0.6 is 0 Å². The molecule has 24 heavy (non-hydrogen) atoms. The summed E-state index contributed by atoms with van der Waals surface area (Å²) in [4.78, 5) is 23.5. The van der Waals surface area contributed by atoms with E-state index in [0.29, 0.717) is 38.2 Å². The van der Waals surface area contributed by atoms with Gasteiger partial charge in [-0.05, 0) is 44.4 Å². The van der Waals surface area contributed by atoms with E-state index >= 15 is 0 Å². The summed E-state index contributed by atoms with van der Waals surface area (Å²) in [5, 5.41) is 0. The topological polar surface area (TPSA) is 52.6 Å². The van der Waals surface area contributed by atoms with Crippen LogP contribution in [0.3, 0.4) is 0 Å². The van der Waals surface area contributed by atoms with Gasteiger partial charge in [-0.15, -0.1) is 0 Å². The highest BCUT2D eigenvalue weighted by Gasteiger charge is 2.24. The summed E-state index contributed by atoms with van der Waals surface area (Å²) in [6.45, 7) is 4.88. The Morgan fingerprint density at radius 2 is 1.54 bits per heavy atom. The van der Waals surface area contributed by atoms with Crippen molar-refractivity contribution in [2.75, 3.05) is 6.61 Å². The number of carbonyl (C=O) groups excluding carboxylic acids is 2. The van der Waals surface area contributed by atoms with Gasteiger partial charge in [0.15, 0.2) is 0 Å². The lowest BCUT2D eigenvalue weighted by Crippen LogP contribution is -2.28. The summed E-state index contributed by atoms with van der Waals surface area (Å²) in [7, 11) is 0. The largest absolute Gasteiger partial charge is 0.466 e. The molecule has 2 atom stereocenters. The Kier molecular flexibility index (Phi) is 11.6. The van der Waals surface area contributed by atoms with Crippen molar-refractivity contribution < 1.29 is 19.1 Å². The first-order valence-electron chi connectivity index (χ1n) is 9.98. The Morgan fingerprint density at radius 1 is 0.875 bits per heavy atom. The predicted octanol–water partition coefficient (Wildman–Crippen LogP) is 5.18. The van der Waals surface area contributed by atoms with Crippen LogP contribution in [0, 0.1) is 5.92 Å². The Bertz CT molecular complexity index is 354. The monoisotopic (exact) mass is 340 g/mol. The van der Waals surface area contributed by atoms with Gasteiger partial charge >= 0.3 is 11.9 Å². The maximum Gasteiger partial charge on any atom is 0.306 e. The van der Waals surface area contributed by atoms with Crippen molar-refractivity contribution in [2.24, 2.45) is 5.92 Å². The van der Waals surface area contributed by atoms with Gasteiger partial charge in [-0.2, -0.15) is 0 Å². The van der Waals surface area contributed by atoms with E-state index in [9.17, 15) is 9.59 Å². The number of esters is 2. The fourth-order valence-corrected chi connectivity index (χ4v) is 3.19. The lowest BCUT2D eigenvalue weighted by Gasteiger charge is -2.28. The molecule has 4 heteroatoms. The highest BCUT2D eigenvalue weighted by molar-refractivity contribution is 5.70. The molecule has 1 rings (SSSR count). The van der Waals surface area contributed by atoms with Crippen molar-refractivity contribution in [3.05, 3.63) is 0 Å². The molecule has 140 valence electrons. The van der Waals surface area contributed by atoms with E-state index in [-0.39, 0.29) is 18.0 Å². The Morgan fingerprint density at radius 3 is 2.25 bits per heavy atom. The molecular weight excluding hydrogens is 304 g/mol. The van der Waals surface area contributed by atoms with Crippen molar-refractivity contribution in [1.29, 1.82) is 0 Å². The number of hydrogen-bond acceptors (Lipinski definition) is 4. The second-order valence-corrected chi connectivity index (χ2v) is 7.13. The van der Waals surface area contributed by atoms with Crippen LogP contribution in [0.4, 0.5) is 0 Å². The standard InChI is InChI=1S/C20H36O4/c1-3-4-5-6-11-16-23-19(21)14-9-10-15-20(22)24-18-13-8-7-12-17(18)2/h17-18H,3-16H2,1-2H3. The van der Waals surface area contributed by atoms with Gasteiger partial charge in [0.2, 0.25) is 0 Å². The minimum Gasteiger partial charge on any atom is -0.466 e. The first-order valence-corrected chi connectivity index (χ1v) is 9.98. The third-order valence-electron chi connectivity index (χ3n) is 4.84. The third kappa shape index (κ3) is 9.94. The summed E-state index contributed by atoms with van der Waals surface area (Å²) in [5.74, 6) is 0.229. The number of ether oxygens (including phenoxy) is 2. The van der Waals surface area contributed by atoms with Crippen LogP contribution in [0.1, 0.15) is 97.3 Å². The van der Waals surface area contributed by atoms with Gasteiger partial charge in [0, 0.05) is 12.8 Å². The van der Waals surface area contributed by atoms with E-state index in [1.54, 1.807) is 0 Å². The molecule has 1 fully saturated rings. The Balaban J connectivity index is 1.96. The lowest BCUT2D eigenvalue weighted by molar-refractivity contribution is -0.153. The summed E-state index contributed by atoms with van der Waals surface area (Å²) in [6.07, 6.45) is 12.7.